The van der Waals surface area contributed by atoms with Crippen molar-refractivity contribution >= 4 is 11.6 Å². The summed E-state index contributed by atoms with van der Waals surface area (Å²) in [6.45, 7) is 2.33. The van der Waals surface area contributed by atoms with Gasteiger partial charge < -0.3 is 14.9 Å². The van der Waals surface area contributed by atoms with Gasteiger partial charge in [-0.05, 0) is 19.8 Å². The summed E-state index contributed by atoms with van der Waals surface area (Å²) in [6.07, 6.45) is 1.75. The number of unbranched alkanes of at least 4 members (excludes halogenated alkanes) is 1. The lowest BCUT2D eigenvalue weighted by atomic mass is 10.3. The summed E-state index contributed by atoms with van der Waals surface area (Å²) in [6, 6.07) is 0. The van der Waals surface area contributed by atoms with Gasteiger partial charge in [0.2, 0.25) is 0 Å². The molecule has 0 radical (unpaired) electrons. The average Bonchev–Trinajstić information content (AvgIpc) is 2.62. The molecule has 1 aliphatic rings. The van der Waals surface area contributed by atoms with Gasteiger partial charge in [-0.3, -0.25) is 0 Å². The van der Waals surface area contributed by atoms with Crippen molar-refractivity contribution in [2.75, 3.05) is 13.2 Å². The molecule has 0 bridgehead atoms. The Morgan fingerprint density at radius 3 is 1.64 bits per heavy atom. The molecule has 0 aliphatic carbocycles. The maximum Gasteiger partial charge on any atom is 0.157 e. The third-order valence-corrected chi connectivity index (χ3v) is 1.66. The molecule has 1 heterocycles. The van der Waals surface area contributed by atoms with Crippen LogP contribution in [-0.2, 0) is 4.74 Å². The Hall–Kier alpha value is 0.170. The minimum absolute atomic E-state index is 0.0231. The van der Waals surface area contributed by atoms with E-state index >= 15 is 0 Å². The maximum absolute atomic E-state index is 8.09. The topological polar surface area (TPSA) is 53.0 Å². The van der Waals surface area contributed by atoms with E-state index in [1.165, 1.54) is 0 Å². The van der Waals surface area contributed by atoms with Gasteiger partial charge >= 0.3 is 0 Å². The zero-order valence-corrected chi connectivity index (χ0v) is 7.42. The highest BCUT2D eigenvalue weighted by Gasteiger charge is 2.30. The van der Waals surface area contributed by atoms with E-state index in [1.54, 1.807) is 0 Å². The van der Waals surface area contributed by atoms with Crippen LogP contribution in [0.2, 0.25) is 0 Å². The lowest BCUT2D eigenvalue weighted by Gasteiger charge is -1.85. The number of halogens is 1. The van der Waals surface area contributed by atoms with Crippen molar-refractivity contribution in [2.24, 2.45) is 0 Å². The molecule has 3 nitrogen and oxygen atoms in total. The predicted molar refractivity (Wildman–Crippen MR) is 43.6 cm³/mol. The second-order valence-corrected chi connectivity index (χ2v) is 2.78. The lowest BCUT2D eigenvalue weighted by molar-refractivity contribution is 0.242. The van der Waals surface area contributed by atoms with Crippen molar-refractivity contribution < 1.29 is 14.9 Å². The second-order valence-electron chi connectivity index (χ2n) is 2.35. The van der Waals surface area contributed by atoms with Gasteiger partial charge in [-0.2, -0.15) is 0 Å². The van der Waals surface area contributed by atoms with Crippen LogP contribution < -0.4 is 0 Å². The molecular formula is C7H15ClO3. The van der Waals surface area contributed by atoms with E-state index < -0.39 is 0 Å². The third kappa shape index (κ3) is 8.07. The van der Waals surface area contributed by atoms with Crippen LogP contribution in [0.3, 0.4) is 0 Å². The summed E-state index contributed by atoms with van der Waals surface area (Å²) in [5, 5.41) is 16.2. The average molecular weight is 183 g/mol. The zero-order chi connectivity index (χ0) is 8.69. The van der Waals surface area contributed by atoms with E-state index in [0.717, 1.165) is 12.8 Å². The standard InChI is InChI=1S/C4H10O2.C3H5ClO/c5-3-1-2-4-6;1-2-3(4)5-2/h5-6H,1-4H2;2-3H,1H3. The van der Waals surface area contributed by atoms with Crippen LogP contribution in [0.5, 0.6) is 0 Å². The maximum atomic E-state index is 8.09. The summed E-state index contributed by atoms with van der Waals surface area (Å²) in [4.78, 5) is 0. The van der Waals surface area contributed by atoms with Crippen molar-refractivity contribution in [3.05, 3.63) is 0 Å². The Morgan fingerprint density at radius 1 is 1.27 bits per heavy atom. The summed E-state index contributed by atoms with van der Waals surface area (Å²) in [5.41, 5.74) is 0.0231. The fourth-order valence-electron chi connectivity index (χ4n) is 0.383. The van der Waals surface area contributed by atoms with Crippen molar-refractivity contribution in [1.82, 2.24) is 0 Å². The van der Waals surface area contributed by atoms with Gasteiger partial charge in [-0.15, -0.1) is 0 Å². The largest absolute Gasteiger partial charge is 0.396 e. The highest BCUT2D eigenvalue weighted by molar-refractivity contribution is 6.21. The first-order valence-electron chi connectivity index (χ1n) is 3.73. The minimum Gasteiger partial charge on any atom is -0.396 e. The van der Waals surface area contributed by atoms with E-state index in [2.05, 4.69) is 4.74 Å². The molecular weight excluding hydrogens is 168 g/mol. The zero-order valence-electron chi connectivity index (χ0n) is 6.66. The molecule has 2 atom stereocenters. The number of epoxide rings is 1. The molecule has 1 rings (SSSR count). The van der Waals surface area contributed by atoms with Gasteiger partial charge in [0.25, 0.3) is 0 Å². The van der Waals surface area contributed by atoms with Crippen LogP contribution in [0.1, 0.15) is 19.8 Å². The number of aliphatic hydroxyl groups excluding tert-OH is 2. The molecule has 2 unspecified atom stereocenters. The first-order valence-corrected chi connectivity index (χ1v) is 4.17. The van der Waals surface area contributed by atoms with E-state index in [1.807, 2.05) is 6.92 Å². The van der Waals surface area contributed by atoms with Gasteiger partial charge in [0, 0.05) is 13.2 Å². The van der Waals surface area contributed by atoms with Crippen LogP contribution in [0.15, 0.2) is 0 Å². The first kappa shape index (κ1) is 11.2. The van der Waals surface area contributed by atoms with Crippen LogP contribution in [0.25, 0.3) is 0 Å². The number of hydrogen-bond donors (Lipinski definition) is 2. The Morgan fingerprint density at radius 2 is 1.55 bits per heavy atom. The highest BCUT2D eigenvalue weighted by Crippen LogP contribution is 2.23. The molecule has 1 aliphatic heterocycles. The van der Waals surface area contributed by atoms with E-state index in [9.17, 15) is 0 Å². The monoisotopic (exact) mass is 182 g/mol. The smallest absolute Gasteiger partial charge is 0.157 e. The fourth-order valence-corrected chi connectivity index (χ4v) is 0.546. The quantitative estimate of drug-likeness (QED) is 0.384. The highest BCUT2D eigenvalue weighted by atomic mass is 35.5. The normalized spacial score (nSPS) is 27.3. The summed E-state index contributed by atoms with van der Waals surface area (Å²) in [5.74, 6) is 0. The fraction of sp³-hybridized carbons (Fsp3) is 1.00. The molecule has 0 amide bonds. The lowest BCUT2D eigenvalue weighted by Crippen LogP contribution is -1.85. The van der Waals surface area contributed by atoms with Crippen molar-refractivity contribution in [3.8, 4) is 0 Å². The van der Waals surface area contributed by atoms with Crippen molar-refractivity contribution in [2.45, 2.75) is 31.4 Å². The summed E-state index contributed by atoms with van der Waals surface area (Å²) < 4.78 is 4.68. The number of hydrogen-bond acceptors (Lipinski definition) is 3. The van der Waals surface area contributed by atoms with Gasteiger partial charge in [-0.1, -0.05) is 11.6 Å². The van der Waals surface area contributed by atoms with Crippen LogP contribution >= 0.6 is 11.6 Å². The Labute approximate surface area is 71.9 Å². The van der Waals surface area contributed by atoms with Crippen molar-refractivity contribution in [3.63, 3.8) is 0 Å². The molecule has 1 fully saturated rings. The molecule has 2 N–H and O–H groups in total. The number of aliphatic hydroxyl groups is 2. The second kappa shape index (κ2) is 6.85. The molecule has 0 aromatic rings. The summed E-state index contributed by atoms with van der Waals surface area (Å²) >= 11 is 5.31. The number of alkyl halides is 1. The Kier molecular flexibility index (Phi) is 6.96. The summed E-state index contributed by atoms with van der Waals surface area (Å²) in [7, 11) is 0. The molecule has 11 heavy (non-hydrogen) atoms. The first-order chi connectivity index (χ1) is 5.22. The number of rotatable bonds is 3. The van der Waals surface area contributed by atoms with Crippen LogP contribution in [-0.4, -0.2) is 35.1 Å². The van der Waals surface area contributed by atoms with Gasteiger partial charge in [0.05, 0.1) is 6.10 Å². The molecule has 4 heteroatoms. The Bertz CT molecular complexity index is 79.8. The molecule has 68 valence electrons. The predicted octanol–water partition coefficient (Wildman–Crippen LogP) is 0.721. The van der Waals surface area contributed by atoms with Crippen LogP contribution in [0.4, 0.5) is 0 Å². The van der Waals surface area contributed by atoms with Gasteiger partial charge in [0.1, 0.15) is 0 Å². The Balaban J connectivity index is 0.000000183. The third-order valence-electron chi connectivity index (χ3n) is 1.20. The minimum atomic E-state index is 0.0231. The molecule has 0 aromatic heterocycles. The SMILES string of the molecule is CC1OC1Cl.OCCCCO. The molecule has 1 saturated heterocycles. The van der Waals surface area contributed by atoms with Crippen molar-refractivity contribution in [1.29, 1.82) is 0 Å². The van der Waals surface area contributed by atoms with Crippen LogP contribution in [0, 0.1) is 0 Å². The van der Waals surface area contributed by atoms with Gasteiger partial charge in [0.15, 0.2) is 5.56 Å². The van der Waals surface area contributed by atoms with E-state index in [4.69, 9.17) is 21.8 Å². The molecule has 0 spiro atoms. The van der Waals surface area contributed by atoms with E-state index in [0.29, 0.717) is 6.10 Å². The molecule has 0 saturated carbocycles. The number of ether oxygens (including phenoxy) is 1. The van der Waals surface area contributed by atoms with Gasteiger partial charge in [-0.25, -0.2) is 0 Å². The van der Waals surface area contributed by atoms with E-state index in [-0.39, 0.29) is 18.8 Å². The molecule has 0 aromatic carbocycles.